The molecule has 2 N–H and O–H groups in total. The van der Waals surface area contributed by atoms with Crippen molar-refractivity contribution in [3.8, 4) is 17.1 Å². The number of carbonyl (C=O) groups excluding carboxylic acids is 1. The summed E-state index contributed by atoms with van der Waals surface area (Å²) in [6, 6.07) is 13.5. The molecule has 0 fully saturated rings. The first-order valence-corrected chi connectivity index (χ1v) is 9.82. The van der Waals surface area contributed by atoms with Crippen LogP contribution < -0.4 is 10.1 Å². The van der Waals surface area contributed by atoms with Crippen molar-refractivity contribution in [2.24, 2.45) is 0 Å². The molecule has 0 aliphatic rings. The van der Waals surface area contributed by atoms with Crippen LogP contribution in [0, 0.1) is 10.6 Å². The second kappa shape index (κ2) is 9.47. The summed E-state index contributed by atoms with van der Waals surface area (Å²) in [5, 5.41) is 9.89. The molecular weight excluding hydrogens is 391 g/mol. The van der Waals surface area contributed by atoms with Gasteiger partial charge in [0, 0.05) is 24.1 Å². The van der Waals surface area contributed by atoms with Gasteiger partial charge < -0.3 is 10.1 Å². The van der Waals surface area contributed by atoms with E-state index in [2.05, 4.69) is 15.5 Å². The van der Waals surface area contributed by atoms with Crippen molar-refractivity contribution in [3.63, 3.8) is 0 Å². The van der Waals surface area contributed by atoms with Gasteiger partial charge >= 0.3 is 0 Å². The molecule has 29 heavy (non-hydrogen) atoms. The summed E-state index contributed by atoms with van der Waals surface area (Å²) in [5.41, 5.74) is 1.32. The molecule has 0 aliphatic carbocycles. The fourth-order valence-electron chi connectivity index (χ4n) is 3.04. The summed E-state index contributed by atoms with van der Waals surface area (Å²) in [7, 11) is 0. The molecule has 0 saturated carbocycles. The highest BCUT2D eigenvalue weighted by molar-refractivity contribution is 7.71. The highest BCUT2D eigenvalue weighted by Crippen LogP contribution is 2.21. The molecule has 1 heterocycles. The predicted octanol–water partition coefficient (Wildman–Crippen LogP) is 4.41. The minimum absolute atomic E-state index is 0.191. The highest BCUT2D eigenvalue weighted by Gasteiger charge is 2.15. The van der Waals surface area contributed by atoms with Gasteiger partial charge in [0.2, 0.25) is 5.91 Å². The molecule has 6 nitrogen and oxygen atoms in total. The Morgan fingerprint density at radius 2 is 2.00 bits per heavy atom. The van der Waals surface area contributed by atoms with Gasteiger partial charge in [-0.3, -0.25) is 14.5 Å². The van der Waals surface area contributed by atoms with Gasteiger partial charge in [0.1, 0.15) is 11.6 Å². The monoisotopic (exact) mass is 414 g/mol. The number of halogens is 1. The van der Waals surface area contributed by atoms with Crippen molar-refractivity contribution < 1.29 is 13.9 Å². The molecule has 1 amide bonds. The van der Waals surface area contributed by atoms with Crippen LogP contribution in [0.2, 0.25) is 0 Å². The average molecular weight is 415 g/mol. The third-order valence-corrected chi connectivity index (χ3v) is 4.81. The van der Waals surface area contributed by atoms with Gasteiger partial charge in [0.15, 0.2) is 10.6 Å². The molecule has 2 aromatic carbocycles. The second-order valence-corrected chi connectivity index (χ2v) is 6.91. The largest absolute Gasteiger partial charge is 0.494 e. The number of nitrogens with one attached hydrogen (secondary N) is 2. The molecule has 152 valence electrons. The van der Waals surface area contributed by atoms with E-state index in [1.807, 2.05) is 31.2 Å². The zero-order valence-electron chi connectivity index (χ0n) is 16.3. The maximum absolute atomic E-state index is 13.9. The maximum atomic E-state index is 13.9. The Kier molecular flexibility index (Phi) is 6.77. The topological polar surface area (TPSA) is 71.9 Å². The van der Waals surface area contributed by atoms with Gasteiger partial charge in [-0.05, 0) is 56.4 Å². The summed E-state index contributed by atoms with van der Waals surface area (Å²) in [4.78, 5) is 12.4. The van der Waals surface area contributed by atoms with Crippen molar-refractivity contribution in [1.29, 1.82) is 0 Å². The number of aromatic amines is 1. The number of hydrogen-bond acceptors (Lipinski definition) is 4. The number of rotatable bonds is 8. The smallest absolute Gasteiger partial charge is 0.222 e. The maximum Gasteiger partial charge on any atom is 0.222 e. The summed E-state index contributed by atoms with van der Waals surface area (Å²) in [5.74, 6) is 0.892. The van der Waals surface area contributed by atoms with Crippen LogP contribution in [0.15, 0.2) is 48.5 Å². The number of H-pyrrole nitrogens is 1. The molecule has 1 aromatic heterocycles. The van der Waals surface area contributed by atoms with Crippen LogP contribution in [-0.4, -0.2) is 27.3 Å². The number of carbonyl (C=O) groups is 1. The predicted molar refractivity (Wildman–Crippen MR) is 112 cm³/mol. The van der Waals surface area contributed by atoms with E-state index in [-0.39, 0.29) is 18.1 Å². The van der Waals surface area contributed by atoms with Crippen LogP contribution in [-0.2, 0) is 11.3 Å². The molecule has 1 unspecified atom stereocenters. The van der Waals surface area contributed by atoms with Gasteiger partial charge in [-0.1, -0.05) is 18.2 Å². The first-order valence-electron chi connectivity index (χ1n) is 9.41. The second-order valence-electron chi connectivity index (χ2n) is 6.52. The van der Waals surface area contributed by atoms with Crippen molar-refractivity contribution in [2.45, 2.75) is 32.9 Å². The van der Waals surface area contributed by atoms with E-state index in [4.69, 9.17) is 17.0 Å². The van der Waals surface area contributed by atoms with E-state index in [1.165, 1.54) is 6.07 Å². The molecule has 0 spiro atoms. The van der Waals surface area contributed by atoms with Crippen LogP contribution in [0.1, 0.15) is 31.9 Å². The summed E-state index contributed by atoms with van der Waals surface area (Å²) in [6.45, 7) is 4.63. The first-order chi connectivity index (χ1) is 14.0. The van der Waals surface area contributed by atoms with E-state index in [1.54, 1.807) is 29.7 Å². The number of benzene rings is 2. The lowest BCUT2D eigenvalue weighted by Crippen LogP contribution is -2.28. The Morgan fingerprint density at radius 1 is 1.28 bits per heavy atom. The zero-order valence-corrected chi connectivity index (χ0v) is 17.1. The van der Waals surface area contributed by atoms with E-state index in [0.717, 1.165) is 11.3 Å². The summed E-state index contributed by atoms with van der Waals surface area (Å²) >= 11 is 5.31. The number of aromatic nitrogens is 3. The quantitative estimate of drug-likeness (QED) is 0.536. The molecule has 1 atom stereocenters. The lowest BCUT2D eigenvalue weighted by Gasteiger charge is -2.15. The third kappa shape index (κ3) is 5.08. The van der Waals surface area contributed by atoms with Gasteiger partial charge in [-0.25, -0.2) is 4.39 Å². The van der Waals surface area contributed by atoms with Gasteiger partial charge in [-0.2, -0.15) is 5.10 Å². The van der Waals surface area contributed by atoms with Crippen LogP contribution in [0.25, 0.3) is 11.4 Å². The van der Waals surface area contributed by atoms with Gasteiger partial charge in [0.05, 0.1) is 12.6 Å². The first kappa shape index (κ1) is 20.7. The standard InChI is InChI=1S/C21H23FN4O2S/c1-3-28-16-10-8-15(9-11-16)20-24-25-21(29)26(20)13-12-19(27)23-14(2)17-6-4-5-7-18(17)22/h4-11,14H,3,12-13H2,1-2H3,(H,23,27)(H,25,29). The van der Waals surface area contributed by atoms with Gasteiger partial charge in [0.25, 0.3) is 0 Å². The fraction of sp³-hybridized carbons (Fsp3) is 0.286. The number of nitrogens with zero attached hydrogens (tertiary/aromatic N) is 2. The summed E-state index contributed by atoms with van der Waals surface area (Å²) in [6.07, 6.45) is 0.191. The molecule has 3 rings (SSSR count). The van der Waals surface area contributed by atoms with E-state index < -0.39 is 6.04 Å². The van der Waals surface area contributed by atoms with Crippen LogP contribution in [0.5, 0.6) is 5.75 Å². The Labute approximate surface area is 173 Å². The molecule has 0 saturated heterocycles. The van der Waals surface area contributed by atoms with Crippen LogP contribution >= 0.6 is 12.2 Å². The van der Waals surface area contributed by atoms with Crippen molar-refractivity contribution >= 4 is 18.1 Å². The molecule has 0 radical (unpaired) electrons. The summed E-state index contributed by atoms with van der Waals surface area (Å²) < 4.78 is 21.5. The Morgan fingerprint density at radius 3 is 2.69 bits per heavy atom. The minimum atomic E-state index is -0.424. The lowest BCUT2D eigenvalue weighted by molar-refractivity contribution is -0.121. The SMILES string of the molecule is CCOc1ccc(-c2n[nH]c(=S)n2CCC(=O)NC(C)c2ccccc2F)cc1. The molecular formula is C21H23FN4O2S. The molecule has 0 bridgehead atoms. The van der Waals surface area contributed by atoms with Gasteiger partial charge in [-0.15, -0.1) is 0 Å². The van der Waals surface area contributed by atoms with Crippen molar-refractivity contribution in [2.75, 3.05) is 6.61 Å². The molecule has 3 aromatic rings. The number of hydrogen-bond donors (Lipinski definition) is 2. The van der Waals surface area contributed by atoms with E-state index in [0.29, 0.717) is 29.3 Å². The average Bonchev–Trinajstić information content (AvgIpc) is 3.08. The normalized spacial score (nSPS) is 11.8. The fourth-order valence-corrected chi connectivity index (χ4v) is 3.27. The van der Waals surface area contributed by atoms with E-state index >= 15 is 0 Å². The highest BCUT2D eigenvalue weighted by atomic mass is 32.1. The number of ether oxygens (including phenoxy) is 1. The van der Waals surface area contributed by atoms with Crippen LogP contribution in [0.4, 0.5) is 4.39 Å². The van der Waals surface area contributed by atoms with E-state index in [9.17, 15) is 9.18 Å². The lowest BCUT2D eigenvalue weighted by atomic mass is 10.1. The third-order valence-electron chi connectivity index (χ3n) is 4.49. The Hall–Kier alpha value is -3.00. The Balaban J connectivity index is 1.66. The zero-order chi connectivity index (χ0) is 20.8. The minimum Gasteiger partial charge on any atom is -0.494 e. The Bertz CT molecular complexity index is 1030. The number of amides is 1. The van der Waals surface area contributed by atoms with Crippen molar-refractivity contribution in [1.82, 2.24) is 20.1 Å². The molecule has 0 aliphatic heterocycles. The molecule has 8 heteroatoms. The van der Waals surface area contributed by atoms with Crippen molar-refractivity contribution in [3.05, 3.63) is 64.7 Å². The van der Waals surface area contributed by atoms with Crippen LogP contribution in [0.3, 0.4) is 0 Å².